The number of ether oxygens (including phenoxy) is 1. The van der Waals surface area contributed by atoms with Crippen LogP contribution in [0.2, 0.25) is 5.02 Å². The van der Waals surface area contributed by atoms with E-state index in [2.05, 4.69) is 0 Å². The Labute approximate surface area is 129 Å². The molecule has 0 bridgehead atoms. The van der Waals surface area contributed by atoms with E-state index in [1.54, 1.807) is 12.1 Å². The molecule has 0 aliphatic carbocycles. The van der Waals surface area contributed by atoms with Gasteiger partial charge < -0.3 is 9.84 Å². The standard InChI is InChI=1S/C15H8ClNO5/c16-9-2-4-13-10(7-9)15(19)14(22-13)6-8-1-3-12(18)11(5-8)17(20)21/h1-7,18H. The van der Waals surface area contributed by atoms with Gasteiger partial charge in [0.15, 0.2) is 11.5 Å². The molecule has 0 atom stereocenters. The number of benzene rings is 2. The molecule has 2 aromatic carbocycles. The summed E-state index contributed by atoms with van der Waals surface area (Å²) in [6.07, 6.45) is 1.38. The number of hydrogen-bond acceptors (Lipinski definition) is 5. The first-order valence-corrected chi connectivity index (χ1v) is 6.55. The molecule has 0 spiro atoms. The number of nitro benzene ring substituents is 1. The summed E-state index contributed by atoms with van der Waals surface area (Å²) in [6.45, 7) is 0. The van der Waals surface area contributed by atoms with Crippen molar-refractivity contribution in [3.05, 3.63) is 68.4 Å². The number of carbonyl (C=O) groups excluding carboxylic acids is 1. The molecule has 7 heteroatoms. The fraction of sp³-hybridized carbons (Fsp3) is 0. The van der Waals surface area contributed by atoms with Gasteiger partial charge in [0, 0.05) is 11.1 Å². The molecule has 3 rings (SSSR count). The largest absolute Gasteiger partial charge is 0.502 e. The van der Waals surface area contributed by atoms with E-state index in [0.717, 1.165) is 6.07 Å². The topological polar surface area (TPSA) is 89.7 Å². The molecular formula is C15H8ClNO5. The predicted molar refractivity (Wildman–Crippen MR) is 79.1 cm³/mol. The summed E-state index contributed by atoms with van der Waals surface area (Å²) >= 11 is 5.84. The van der Waals surface area contributed by atoms with Crippen molar-refractivity contribution in [2.75, 3.05) is 0 Å². The Morgan fingerprint density at radius 3 is 2.73 bits per heavy atom. The Balaban J connectivity index is 2.00. The van der Waals surface area contributed by atoms with Gasteiger partial charge in [-0.2, -0.15) is 0 Å². The molecule has 0 aromatic heterocycles. The van der Waals surface area contributed by atoms with Gasteiger partial charge in [-0.1, -0.05) is 17.7 Å². The zero-order chi connectivity index (χ0) is 15.9. The molecule has 1 aliphatic rings. The van der Waals surface area contributed by atoms with E-state index >= 15 is 0 Å². The van der Waals surface area contributed by atoms with E-state index in [9.17, 15) is 20.0 Å². The van der Waals surface area contributed by atoms with Crippen LogP contribution < -0.4 is 4.74 Å². The minimum absolute atomic E-state index is 0.0391. The number of phenolic OH excluding ortho intramolecular Hbond substituents is 1. The van der Waals surface area contributed by atoms with Crippen molar-refractivity contribution in [2.45, 2.75) is 0 Å². The number of allylic oxidation sites excluding steroid dienone is 1. The average Bonchev–Trinajstić information content (AvgIpc) is 2.77. The molecule has 0 saturated heterocycles. The van der Waals surface area contributed by atoms with Crippen LogP contribution in [0.5, 0.6) is 11.5 Å². The van der Waals surface area contributed by atoms with E-state index in [1.165, 1.54) is 24.3 Å². The highest BCUT2D eigenvalue weighted by Gasteiger charge is 2.27. The third-order valence-corrected chi connectivity index (χ3v) is 3.36. The van der Waals surface area contributed by atoms with Crippen LogP contribution in [0.25, 0.3) is 6.08 Å². The van der Waals surface area contributed by atoms with Crippen molar-refractivity contribution in [3.8, 4) is 11.5 Å². The third kappa shape index (κ3) is 2.40. The van der Waals surface area contributed by atoms with Crippen molar-refractivity contribution in [1.29, 1.82) is 0 Å². The second-order valence-corrected chi connectivity index (χ2v) is 5.02. The normalized spacial score (nSPS) is 14.8. The predicted octanol–water partition coefficient (Wildman–Crippen LogP) is 3.57. The molecule has 1 N–H and O–H groups in total. The minimum Gasteiger partial charge on any atom is -0.502 e. The summed E-state index contributed by atoms with van der Waals surface area (Å²) in [6, 6.07) is 8.47. The Morgan fingerprint density at radius 2 is 2.00 bits per heavy atom. The molecule has 22 heavy (non-hydrogen) atoms. The Bertz CT molecular complexity index is 844. The molecule has 110 valence electrons. The molecular weight excluding hydrogens is 310 g/mol. The monoisotopic (exact) mass is 317 g/mol. The zero-order valence-corrected chi connectivity index (χ0v) is 11.7. The van der Waals surface area contributed by atoms with Gasteiger partial charge in [-0.05, 0) is 35.9 Å². The van der Waals surface area contributed by atoms with Crippen LogP contribution in [0.4, 0.5) is 5.69 Å². The second kappa shape index (κ2) is 5.16. The fourth-order valence-electron chi connectivity index (χ4n) is 2.09. The van der Waals surface area contributed by atoms with Crippen molar-refractivity contribution >= 4 is 29.1 Å². The van der Waals surface area contributed by atoms with E-state index in [4.69, 9.17) is 16.3 Å². The first kappa shape index (κ1) is 14.1. The number of aromatic hydroxyl groups is 1. The number of carbonyl (C=O) groups is 1. The van der Waals surface area contributed by atoms with Crippen LogP contribution in [0.1, 0.15) is 15.9 Å². The van der Waals surface area contributed by atoms with Gasteiger partial charge in [0.1, 0.15) is 5.75 Å². The first-order valence-electron chi connectivity index (χ1n) is 6.17. The summed E-state index contributed by atoms with van der Waals surface area (Å²) in [5, 5.41) is 20.6. The van der Waals surface area contributed by atoms with Gasteiger partial charge in [-0.15, -0.1) is 0 Å². The molecule has 1 aliphatic heterocycles. The van der Waals surface area contributed by atoms with Crippen molar-refractivity contribution in [3.63, 3.8) is 0 Å². The third-order valence-electron chi connectivity index (χ3n) is 3.12. The number of Topliss-reactive ketones (excluding diaryl/α,β-unsaturated/α-hetero) is 1. The number of fused-ring (bicyclic) bond motifs is 1. The number of halogens is 1. The lowest BCUT2D eigenvalue weighted by atomic mass is 10.1. The van der Waals surface area contributed by atoms with Crippen LogP contribution in [0.3, 0.4) is 0 Å². The Morgan fingerprint density at radius 1 is 1.23 bits per heavy atom. The summed E-state index contributed by atoms with van der Waals surface area (Å²) in [5.41, 5.74) is 0.263. The fourth-order valence-corrected chi connectivity index (χ4v) is 2.26. The van der Waals surface area contributed by atoms with Crippen LogP contribution in [-0.4, -0.2) is 15.8 Å². The number of ketones is 1. The highest BCUT2D eigenvalue weighted by molar-refractivity contribution is 6.31. The SMILES string of the molecule is O=C1C(=Cc2ccc(O)c([N+](=O)[O-])c2)Oc2ccc(Cl)cc21. The quantitative estimate of drug-likeness (QED) is 0.519. The van der Waals surface area contributed by atoms with Gasteiger partial charge in [0.2, 0.25) is 5.78 Å². The first-order chi connectivity index (χ1) is 10.5. The van der Waals surface area contributed by atoms with Gasteiger partial charge in [-0.25, -0.2) is 0 Å². The summed E-state index contributed by atoms with van der Waals surface area (Å²) < 4.78 is 5.43. The highest BCUT2D eigenvalue weighted by Crippen LogP contribution is 2.34. The van der Waals surface area contributed by atoms with Crippen LogP contribution >= 0.6 is 11.6 Å². The lowest BCUT2D eigenvalue weighted by Crippen LogP contribution is -1.98. The number of phenols is 1. The van der Waals surface area contributed by atoms with Crippen LogP contribution in [0.15, 0.2) is 42.2 Å². The summed E-state index contributed by atoms with van der Waals surface area (Å²) in [5.74, 6) is -0.375. The molecule has 0 amide bonds. The Kier molecular flexibility index (Phi) is 3.30. The molecule has 0 radical (unpaired) electrons. The number of nitro groups is 1. The number of nitrogens with zero attached hydrogens (tertiary/aromatic N) is 1. The van der Waals surface area contributed by atoms with Gasteiger partial charge in [-0.3, -0.25) is 14.9 Å². The maximum atomic E-state index is 12.2. The van der Waals surface area contributed by atoms with Gasteiger partial charge in [0.05, 0.1) is 10.5 Å². The van der Waals surface area contributed by atoms with E-state index < -0.39 is 16.4 Å². The number of hydrogen-bond donors (Lipinski definition) is 1. The Hall–Kier alpha value is -2.86. The maximum Gasteiger partial charge on any atom is 0.311 e. The minimum atomic E-state index is -0.705. The summed E-state index contributed by atoms with van der Waals surface area (Å²) in [4.78, 5) is 22.3. The van der Waals surface area contributed by atoms with Gasteiger partial charge >= 0.3 is 5.69 Å². The molecule has 0 saturated carbocycles. The van der Waals surface area contributed by atoms with E-state index in [1.807, 2.05) is 0 Å². The van der Waals surface area contributed by atoms with Crippen LogP contribution in [-0.2, 0) is 0 Å². The second-order valence-electron chi connectivity index (χ2n) is 4.59. The summed E-state index contributed by atoms with van der Waals surface area (Å²) in [7, 11) is 0. The van der Waals surface area contributed by atoms with E-state index in [-0.39, 0.29) is 11.5 Å². The van der Waals surface area contributed by atoms with Crippen molar-refractivity contribution in [2.24, 2.45) is 0 Å². The van der Waals surface area contributed by atoms with Crippen LogP contribution in [0, 0.1) is 10.1 Å². The maximum absolute atomic E-state index is 12.2. The molecule has 1 heterocycles. The smallest absolute Gasteiger partial charge is 0.311 e. The molecule has 0 unspecified atom stereocenters. The molecule has 6 nitrogen and oxygen atoms in total. The average molecular weight is 318 g/mol. The van der Waals surface area contributed by atoms with Gasteiger partial charge in [0.25, 0.3) is 0 Å². The molecule has 0 fully saturated rings. The van der Waals surface area contributed by atoms with Crippen molar-refractivity contribution < 1.29 is 19.6 Å². The molecule has 2 aromatic rings. The van der Waals surface area contributed by atoms with E-state index in [0.29, 0.717) is 21.9 Å². The highest BCUT2D eigenvalue weighted by atomic mass is 35.5. The lowest BCUT2D eigenvalue weighted by molar-refractivity contribution is -0.385. The van der Waals surface area contributed by atoms with Crippen molar-refractivity contribution in [1.82, 2.24) is 0 Å². The number of rotatable bonds is 2. The lowest BCUT2D eigenvalue weighted by Gasteiger charge is -2.00. The zero-order valence-electron chi connectivity index (χ0n) is 10.9.